The summed E-state index contributed by atoms with van der Waals surface area (Å²) in [4.78, 5) is 12.3. The highest BCUT2D eigenvalue weighted by molar-refractivity contribution is 9.10. The van der Waals surface area contributed by atoms with Gasteiger partial charge in [-0.25, -0.2) is 0 Å². The van der Waals surface area contributed by atoms with Crippen LogP contribution in [0.3, 0.4) is 0 Å². The fourth-order valence-corrected chi connectivity index (χ4v) is 3.88. The molecule has 1 fully saturated rings. The van der Waals surface area contributed by atoms with Crippen molar-refractivity contribution in [3.8, 4) is 0 Å². The summed E-state index contributed by atoms with van der Waals surface area (Å²) in [5, 5.41) is 3.08. The fourth-order valence-electron chi connectivity index (χ4n) is 2.16. The topological polar surface area (TPSA) is 29.1 Å². The second kappa shape index (κ2) is 5.34. The van der Waals surface area contributed by atoms with Crippen LogP contribution in [0.4, 0.5) is 0 Å². The molecule has 1 aromatic heterocycles. The first-order valence-electron chi connectivity index (χ1n) is 6.04. The Morgan fingerprint density at radius 2 is 1.90 bits per heavy atom. The lowest BCUT2D eigenvalue weighted by Gasteiger charge is -2.18. The first kappa shape index (κ1) is 14.4. The van der Waals surface area contributed by atoms with Crippen molar-refractivity contribution in [3.63, 3.8) is 0 Å². The number of nitrogens with one attached hydrogen (secondary N) is 1. The van der Waals surface area contributed by atoms with Crippen LogP contribution < -0.4 is 5.32 Å². The van der Waals surface area contributed by atoms with Crippen LogP contribution in [0.15, 0.2) is 34.8 Å². The highest BCUT2D eigenvalue weighted by Crippen LogP contribution is 2.46. The molecule has 1 saturated carbocycles. The number of carbonyl (C=O) groups is 1. The Bertz CT molecular complexity index is 664. The van der Waals surface area contributed by atoms with Crippen molar-refractivity contribution in [1.82, 2.24) is 5.32 Å². The van der Waals surface area contributed by atoms with Crippen LogP contribution in [0, 0.1) is 0 Å². The minimum absolute atomic E-state index is 0.168. The summed E-state index contributed by atoms with van der Waals surface area (Å²) in [6.07, 6.45) is 1.88. The Morgan fingerprint density at radius 3 is 2.40 bits per heavy atom. The van der Waals surface area contributed by atoms with E-state index in [-0.39, 0.29) is 11.4 Å². The van der Waals surface area contributed by atoms with E-state index in [0.717, 1.165) is 22.9 Å². The number of carbonyl (C=O) groups excluding carboxylic acids is 1. The molecule has 2 aromatic rings. The molecule has 0 spiro atoms. The number of halogens is 3. The molecule has 0 radical (unpaired) electrons. The molecule has 1 aliphatic carbocycles. The summed E-state index contributed by atoms with van der Waals surface area (Å²) < 4.78 is 1.98. The third kappa shape index (κ3) is 2.75. The van der Waals surface area contributed by atoms with Crippen molar-refractivity contribution in [1.29, 1.82) is 0 Å². The molecule has 0 bridgehead atoms. The lowest BCUT2D eigenvalue weighted by molar-refractivity contribution is 0.0931. The molecule has 0 atom stereocenters. The van der Waals surface area contributed by atoms with Crippen LogP contribution in [0.25, 0.3) is 0 Å². The Hall–Kier alpha value is -0.550. The van der Waals surface area contributed by atoms with Gasteiger partial charge in [0.2, 0.25) is 0 Å². The smallest absolute Gasteiger partial charge is 0.254 e. The SMILES string of the molecule is O=C(NC1(c2ccc(Br)cc2)CC1)c1cc(Cl)sc1Cl. The lowest BCUT2D eigenvalue weighted by atomic mass is 10.0. The Balaban J connectivity index is 1.82. The lowest BCUT2D eigenvalue weighted by Crippen LogP contribution is -2.34. The summed E-state index contributed by atoms with van der Waals surface area (Å²) >= 11 is 16.5. The second-order valence-electron chi connectivity index (χ2n) is 4.78. The van der Waals surface area contributed by atoms with E-state index in [0.29, 0.717) is 14.2 Å². The molecule has 1 aromatic carbocycles. The van der Waals surface area contributed by atoms with E-state index in [1.54, 1.807) is 6.07 Å². The zero-order valence-electron chi connectivity index (χ0n) is 10.3. The predicted molar refractivity (Wildman–Crippen MR) is 86.9 cm³/mol. The maximum Gasteiger partial charge on any atom is 0.254 e. The molecule has 0 unspecified atom stereocenters. The van der Waals surface area contributed by atoms with Crippen LogP contribution in [0.5, 0.6) is 0 Å². The van der Waals surface area contributed by atoms with Crippen molar-refractivity contribution in [3.05, 3.63) is 54.6 Å². The average Bonchev–Trinajstić information content (AvgIpc) is 3.09. The molecular formula is C14H10BrCl2NOS. The monoisotopic (exact) mass is 389 g/mol. The summed E-state index contributed by atoms with van der Waals surface area (Å²) in [7, 11) is 0. The maximum absolute atomic E-state index is 12.3. The second-order valence-corrected chi connectivity index (χ2v) is 7.98. The molecule has 1 amide bonds. The third-order valence-corrected chi connectivity index (χ3v) is 5.42. The number of hydrogen-bond donors (Lipinski definition) is 1. The van der Waals surface area contributed by atoms with Crippen molar-refractivity contribution in [2.24, 2.45) is 0 Å². The summed E-state index contributed by atoms with van der Waals surface area (Å²) in [5.41, 5.74) is 1.31. The molecular weight excluding hydrogens is 381 g/mol. The van der Waals surface area contributed by atoms with Crippen LogP contribution in [0.1, 0.15) is 28.8 Å². The van der Waals surface area contributed by atoms with Gasteiger partial charge in [0.15, 0.2) is 0 Å². The molecule has 3 rings (SSSR count). The van der Waals surface area contributed by atoms with Crippen molar-refractivity contribution >= 4 is 56.4 Å². The van der Waals surface area contributed by atoms with Crippen LogP contribution in [-0.2, 0) is 5.54 Å². The molecule has 1 heterocycles. The molecule has 2 nitrogen and oxygen atoms in total. The molecule has 0 aliphatic heterocycles. The van der Waals surface area contributed by atoms with E-state index in [2.05, 4.69) is 21.2 Å². The maximum atomic E-state index is 12.3. The largest absolute Gasteiger partial charge is 0.342 e. The molecule has 1 N–H and O–H groups in total. The summed E-state index contributed by atoms with van der Waals surface area (Å²) in [5.74, 6) is -0.168. The van der Waals surface area contributed by atoms with Gasteiger partial charge in [0.1, 0.15) is 4.34 Å². The van der Waals surface area contributed by atoms with Gasteiger partial charge in [0, 0.05) is 4.47 Å². The van der Waals surface area contributed by atoms with E-state index in [9.17, 15) is 4.79 Å². The molecule has 104 valence electrons. The van der Waals surface area contributed by atoms with Gasteiger partial charge >= 0.3 is 0 Å². The number of rotatable bonds is 3. The number of thiophene rings is 1. The Morgan fingerprint density at radius 1 is 1.25 bits per heavy atom. The first-order chi connectivity index (χ1) is 9.50. The first-order valence-corrected chi connectivity index (χ1v) is 8.40. The molecule has 6 heteroatoms. The third-order valence-electron chi connectivity index (χ3n) is 3.40. The Labute approximate surface area is 139 Å². The minimum atomic E-state index is -0.254. The van der Waals surface area contributed by atoms with Crippen LogP contribution in [-0.4, -0.2) is 5.91 Å². The van der Waals surface area contributed by atoms with Gasteiger partial charge in [-0.3, -0.25) is 4.79 Å². The summed E-state index contributed by atoms with van der Waals surface area (Å²) in [6.45, 7) is 0. The van der Waals surface area contributed by atoms with Gasteiger partial charge in [-0.15, -0.1) is 11.3 Å². The normalized spacial score (nSPS) is 15.9. The number of hydrogen-bond acceptors (Lipinski definition) is 2. The van der Waals surface area contributed by atoms with Gasteiger partial charge in [0.25, 0.3) is 5.91 Å². The standard InChI is InChI=1S/C14H10BrCl2NOS/c15-9-3-1-8(2-4-9)14(5-6-14)18-13(19)10-7-11(16)20-12(10)17/h1-4,7H,5-6H2,(H,18,19). The van der Waals surface area contributed by atoms with E-state index in [4.69, 9.17) is 23.2 Å². The van der Waals surface area contributed by atoms with Crippen LogP contribution in [0.2, 0.25) is 8.67 Å². The zero-order chi connectivity index (χ0) is 14.3. The van der Waals surface area contributed by atoms with Gasteiger partial charge in [0.05, 0.1) is 15.4 Å². The molecule has 20 heavy (non-hydrogen) atoms. The van der Waals surface area contributed by atoms with Crippen LogP contribution >= 0.6 is 50.5 Å². The van der Waals surface area contributed by atoms with Gasteiger partial charge in [-0.1, -0.05) is 51.3 Å². The Kier molecular flexibility index (Phi) is 3.84. The average molecular weight is 391 g/mol. The van der Waals surface area contributed by atoms with Gasteiger partial charge < -0.3 is 5.32 Å². The number of benzene rings is 1. The van der Waals surface area contributed by atoms with E-state index in [1.807, 2.05) is 24.3 Å². The van der Waals surface area contributed by atoms with Crippen molar-refractivity contribution < 1.29 is 4.79 Å². The minimum Gasteiger partial charge on any atom is -0.342 e. The quantitative estimate of drug-likeness (QED) is 0.762. The molecule has 0 saturated heterocycles. The van der Waals surface area contributed by atoms with E-state index >= 15 is 0 Å². The highest BCUT2D eigenvalue weighted by Gasteiger charge is 2.45. The van der Waals surface area contributed by atoms with Gasteiger partial charge in [-0.05, 0) is 36.6 Å². The fraction of sp³-hybridized carbons (Fsp3) is 0.214. The predicted octanol–water partition coefficient (Wildman–Crippen LogP) is 5.24. The highest BCUT2D eigenvalue weighted by atomic mass is 79.9. The number of amides is 1. The molecule has 1 aliphatic rings. The summed E-state index contributed by atoms with van der Waals surface area (Å²) in [6, 6.07) is 9.63. The van der Waals surface area contributed by atoms with E-state index < -0.39 is 0 Å². The van der Waals surface area contributed by atoms with Crippen molar-refractivity contribution in [2.45, 2.75) is 18.4 Å². The van der Waals surface area contributed by atoms with Crippen molar-refractivity contribution in [2.75, 3.05) is 0 Å². The van der Waals surface area contributed by atoms with Gasteiger partial charge in [-0.2, -0.15) is 0 Å². The zero-order valence-corrected chi connectivity index (χ0v) is 14.2. The van der Waals surface area contributed by atoms with E-state index in [1.165, 1.54) is 11.3 Å².